The van der Waals surface area contributed by atoms with Gasteiger partial charge in [0, 0.05) is 57.0 Å². The van der Waals surface area contributed by atoms with E-state index in [0.717, 1.165) is 24.4 Å². The predicted octanol–water partition coefficient (Wildman–Crippen LogP) is 0.952. The summed E-state index contributed by atoms with van der Waals surface area (Å²) in [4.78, 5) is 34.6. The minimum atomic E-state index is -0.0773. The SMILES string of the molecule is CCc1cnc(CCNC(=NC)NCCN2C(=O)CCCC2=O)s1. The number of aliphatic imine (C=N–C) groups is 1. The molecule has 1 aliphatic heterocycles. The zero-order valence-electron chi connectivity index (χ0n) is 14.3. The molecular weight excluding hydrogens is 326 g/mol. The molecule has 1 aromatic rings. The first-order valence-electron chi connectivity index (χ1n) is 8.35. The molecule has 1 fully saturated rings. The first-order valence-corrected chi connectivity index (χ1v) is 9.17. The Morgan fingerprint density at radius 2 is 2.00 bits per heavy atom. The van der Waals surface area contributed by atoms with Gasteiger partial charge in [-0.1, -0.05) is 6.92 Å². The molecule has 0 unspecified atom stereocenters. The number of amides is 2. The van der Waals surface area contributed by atoms with Crippen LogP contribution in [-0.4, -0.2) is 54.3 Å². The Labute approximate surface area is 146 Å². The van der Waals surface area contributed by atoms with Crippen molar-refractivity contribution < 1.29 is 9.59 Å². The van der Waals surface area contributed by atoms with Gasteiger partial charge in [-0.3, -0.25) is 19.5 Å². The Balaban J connectivity index is 1.68. The molecule has 0 atom stereocenters. The van der Waals surface area contributed by atoms with Crippen LogP contribution in [-0.2, 0) is 22.4 Å². The second-order valence-electron chi connectivity index (χ2n) is 5.54. The van der Waals surface area contributed by atoms with Gasteiger partial charge in [-0.2, -0.15) is 0 Å². The highest BCUT2D eigenvalue weighted by Gasteiger charge is 2.25. The van der Waals surface area contributed by atoms with Gasteiger partial charge in [0.15, 0.2) is 5.96 Å². The van der Waals surface area contributed by atoms with E-state index in [2.05, 4.69) is 27.5 Å². The predicted molar refractivity (Wildman–Crippen MR) is 95.1 cm³/mol. The molecule has 24 heavy (non-hydrogen) atoms. The number of carbonyl (C=O) groups is 2. The fourth-order valence-corrected chi connectivity index (χ4v) is 3.33. The fraction of sp³-hybridized carbons (Fsp3) is 0.625. The van der Waals surface area contributed by atoms with E-state index in [4.69, 9.17) is 0 Å². The summed E-state index contributed by atoms with van der Waals surface area (Å²) in [5.74, 6) is 0.511. The maximum absolute atomic E-state index is 11.7. The Hall–Kier alpha value is -1.96. The lowest BCUT2D eigenvalue weighted by molar-refractivity contribution is -0.147. The lowest BCUT2D eigenvalue weighted by Crippen LogP contribution is -2.46. The average molecular weight is 351 g/mol. The van der Waals surface area contributed by atoms with Gasteiger partial charge in [-0.15, -0.1) is 11.3 Å². The molecule has 0 saturated carbocycles. The summed E-state index contributed by atoms with van der Waals surface area (Å²) in [7, 11) is 1.70. The van der Waals surface area contributed by atoms with Crippen molar-refractivity contribution in [2.24, 2.45) is 4.99 Å². The van der Waals surface area contributed by atoms with Gasteiger partial charge in [-0.05, 0) is 12.8 Å². The van der Waals surface area contributed by atoms with Gasteiger partial charge in [0.1, 0.15) is 0 Å². The first kappa shape index (κ1) is 18.4. The van der Waals surface area contributed by atoms with Crippen molar-refractivity contribution in [3.63, 3.8) is 0 Å². The Bertz CT molecular complexity index is 583. The second kappa shape index (κ2) is 9.36. The largest absolute Gasteiger partial charge is 0.356 e. The van der Waals surface area contributed by atoms with Crippen molar-refractivity contribution in [3.05, 3.63) is 16.1 Å². The van der Waals surface area contributed by atoms with Crippen molar-refractivity contribution in [2.45, 2.75) is 39.0 Å². The number of nitrogens with one attached hydrogen (secondary N) is 2. The number of aryl methyl sites for hydroxylation is 1. The third kappa shape index (κ3) is 5.30. The number of nitrogens with zero attached hydrogens (tertiary/aromatic N) is 3. The molecule has 0 spiro atoms. The number of imide groups is 1. The van der Waals surface area contributed by atoms with Crippen molar-refractivity contribution in [3.8, 4) is 0 Å². The van der Waals surface area contributed by atoms with E-state index in [9.17, 15) is 9.59 Å². The monoisotopic (exact) mass is 351 g/mol. The molecule has 2 N–H and O–H groups in total. The summed E-state index contributed by atoms with van der Waals surface area (Å²) in [6.45, 7) is 3.73. The van der Waals surface area contributed by atoms with E-state index < -0.39 is 0 Å². The topological polar surface area (TPSA) is 86.7 Å². The molecule has 0 aromatic carbocycles. The van der Waals surface area contributed by atoms with Crippen molar-refractivity contribution >= 4 is 29.1 Å². The molecule has 2 rings (SSSR count). The molecule has 2 heterocycles. The normalized spacial score (nSPS) is 15.8. The highest BCUT2D eigenvalue weighted by atomic mass is 32.1. The number of guanidine groups is 1. The lowest BCUT2D eigenvalue weighted by Gasteiger charge is -2.25. The average Bonchev–Trinajstić information content (AvgIpc) is 3.04. The fourth-order valence-electron chi connectivity index (χ4n) is 2.47. The Kier molecular flexibility index (Phi) is 7.17. The van der Waals surface area contributed by atoms with Crippen LogP contribution in [0.5, 0.6) is 0 Å². The molecule has 132 valence electrons. The molecule has 1 aromatic heterocycles. The molecule has 0 aliphatic carbocycles. The summed E-state index contributed by atoms with van der Waals surface area (Å²) in [6.07, 6.45) is 5.39. The molecule has 1 aliphatic rings. The maximum Gasteiger partial charge on any atom is 0.229 e. The smallest absolute Gasteiger partial charge is 0.229 e. The lowest BCUT2D eigenvalue weighted by atomic mass is 10.1. The van der Waals surface area contributed by atoms with Crippen molar-refractivity contribution in [1.29, 1.82) is 0 Å². The number of aromatic nitrogens is 1. The number of piperidine rings is 1. The van der Waals surface area contributed by atoms with E-state index in [1.54, 1.807) is 18.4 Å². The highest BCUT2D eigenvalue weighted by molar-refractivity contribution is 7.11. The van der Waals surface area contributed by atoms with Crippen LogP contribution in [0.4, 0.5) is 0 Å². The molecule has 8 heteroatoms. The van der Waals surface area contributed by atoms with E-state index in [-0.39, 0.29) is 11.8 Å². The zero-order chi connectivity index (χ0) is 17.4. The van der Waals surface area contributed by atoms with Gasteiger partial charge in [0.2, 0.25) is 11.8 Å². The van der Waals surface area contributed by atoms with Gasteiger partial charge in [0.25, 0.3) is 0 Å². The minimum Gasteiger partial charge on any atom is -0.356 e. The van der Waals surface area contributed by atoms with Gasteiger partial charge >= 0.3 is 0 Å². The number of hydrogen-bond donors (Lipinski definition) is 2. The van der Waals surface area contributed by atoms with Crippen LogP contribution in [0.1, 0.15) is 36.1 Å². The molecule has 0 radical (unpaired) electrons. The zero-order valence-corrected chi connectivity index (χ0v) is 15.1. The third-order valence-electron chi connectivity index (χ3n) is 3.82. The van der Waals surface area contributed by atoms with Gasteiger partial charge in [-0.25, -0.2) is 4.98 Å². The summed E-state index contributed by atoms with van der Waals surface area (Å²) in [5.41, 5.74) is 0. The summed E-state index contributed by atoms with van der Waals surface area (Å²) in [6, 6.07) is 0. The number of hydrogen-bond acceptors (Lipinski definition) is 5. The number of likely N-dealkylation sites (tertiary alicyclic amines) is 1. The molecule has 0 bridgehead atoms. The van der Waals surface area contributed by atoms with Crippen LogP contribution in [0.15, 0.2) is 11.2 Å². The van der Waals surface area contributed by atoms with Crippen LogP contribution in [0, 0.1) is 0 Å². The van der Waals surface area contributed by atoms with E-state index >= 15 is 0 Å². The summed E-state index contributed by atoms with van der Waals surface area (Å²) in [5, 5.41) is 7.47. The molecule has 7 nitrogen and oxygen atoms in total. The first-order chi connectivity index (χ1) is 11.6. The van der Waals surface area contributed by atoms with Crippen LogP contribution in [0.3, 0.4) is 0 Å². The molecule has 2 amide bonds. The van der Waals surface area contributed by atoms with Crippen molar-refractivity contribution in [2.75, 3.05) is 26.7 Å². The maximum atomic E-state index is 11.7. The van der Waals surface area contributed by atoms with E-state index in [0.29, 0.717) is 38.3 Å². The number of carbonyl (C=O) groups excluding carboxylic acids is 2. The number of rotatable bonds is 7. The highest BCUT2D eigenvalue weighted by Crippen LogP contribution is 2.13. The molecular formula is C16H25N5O2S. The summed E-state index contributed by atoms with van der Waals surface area (Å²) >= 11 is 1.74. The molecule has 1 saturated heterocycles. The second-order valence-corrected chi connectivity index (χ2v) is 6.74. The number of thiazole rings is 1. The van der Waals surface area contributed by atoms with Crippen LogP contribution in [0.25, 0.3) is 0 Å². The Morgan fingerprint density at radius 1 is 1.29 bits per heavy atom. The van der Waals surface area contributed by atoms with Crippen LogP contribution < -0.4 is 10.6 Å². The van der Waals surface area contributed by atoms with Crippen molar-refractivity contribution in [1.82, 2.24) is 20.5 Å². The summed E-state index contributed by atoms with van der Waals surface area (Å²) < 4.78 is 0. The van der Waals surface area contributed by atoms with Crippen LogP contribution in [0.2, 0.25) is 0 Å². The standard InChI is InChI=1S/C16H25N5O2S/c1-3-12-11-20-13(24-12)7-8-18-16(17-2)19-9-10-21-14(22)5-4-6-15(21)23/h11H,3-10H2,1-2H3,(H2,17,18,19). The van der Waals surface area contributed by atoms with Gasteiger partial charge < -0.3 is 10.6 Å². The van der Waals surface area contributed by atoms with Crippen LogP contribution >= 0.6 is 11.3 Å². The Morgan fingerprint density at radius 3 is 2.62 bits per heavy atom. The minimum absolute atomic E-state index is 0.0773. The van der Waals surface area contributed by atoms with Gasteiger partial charge in [0.05, 0.1) is 5.01 Å². The quantitative estimate of drug-likeness (QED) is 0.434. The third-order valence-corrected chi connectivity index (χ3v) is 5.02. The van der Waals surface area contributed by atoms with E-state index in [1.165, 1.54) is 9.78 Å². The van der Waals surface area contributed by atoms with E-state index in [1.807, 2.05) is 6.20 Å².